The Morgan fingerprint density at radius 3 is 2.53 bits per heavy atom. The molecule has 1 aliphatic rings. The Bertz CT molecular complexity index is 1130. The Kier molecular flexibility index (Phi) is 5.86. The van der Waals surface area contributed by atoms with E-state index >= 15 is 0 Å². The second-order valence-electron chi connectivity index (χ2n) is 8.23. The Balaban J connectivity index is 1.76. The highest BCUT2D eigenvalue weighted by Crippen LogP contribution is 2.31. The predicted molar refractivity (Wildman–Crippen MR) is 110 cm³/mol. The molecule has 8 heteroatoms. The largest absolute Gasteiger partial charge is 0.444 e. The number of hydrogen-bond donors (Lipinski definition) is 1. The number of alkyl carbamates (subject to hydrolysis) is 1. The molecule has 2 aromatic carbocycles. The van der Waals surface area contributed by atoms with Gasteiger partial charge in [0.2, 0.25) is 0 Å². The minimum absolute atomic E-state index is 0.00964. The fourth-order valence-corrected chi connectivity index (χ4v) is 4.85. The lowest BCUT2D eigenvalue weighted by atomic mass is 9.98. The zero-order chi connectivity index (χ0) is 22.1. The number of benzene rings is 2. The summed E-state index contributed by atoms with van der Waals surface area (Å²) >= 11 is 0. The molecule has 0 saturated carbocycles. The van der Waals surface area contributed by atoms with Gasteiger partial charge < -0.3 is 10.1 Å². The summed E-state index contributed by atoms with van der Waals surface area (Å²) in [5.74, 6) is -0.411. The molecular formula is C22H23FN2O4S. The van der Waals surface area contributed by atoms with Crippen LogP contribution in [0.15, 0.2) is 41.3 Å². The van der Waals surface area contributed by atoms with Gasteiger partial charge in [-0.15, -0.1) is 0 Å². The molecule has 1 heterocycles. The minimum atomic E-state index is -3.21. The Morgan fingerprint density at radius 2 is 1.90 bits per heavy atom. The number of carbonyl (C=O) groups is 1. The second-order valence-corrected chi connectivity index (χ2v) is 10.3. The zero-order valence-corrected chi connectivity index (χ0v) is 17.8. The van der Waals surface area contributed by atoms with E-state index in [9.17, 15) is 22.9 Å². The second kappa shape index (κ2) is 8.07. The lowest BCUT2D eigenvalue weighted by molar-refractivity contribution is 0.0515. The number of fused-ring (bicyclic) bond motifs is 1. The third-order valence-corrected chi connectivity index (χ3v) is 6.50. The molecule has 3 rings (SSSR count). The molecule has 0 spiro atoms. The van der Waals surface area contributed by atoms with Gasteiger partial charge in [0.05, 0.1) is 16.7 Å². The van der Waals surface area contributed by atoms with Crippen LogP contribution in [-0.2, 0) is 27.4 Å². The van der Waals surface area contributed by atoms with Crippen molar-refractivity contribution in [2.75, 3.05) is 5.75 Å². The first-order valence-corrected chi connectivity index (χ1v) is 11.2. The summed E-state index contributed by atoms with van der Waals surface area (Å²) in [6.07, 6.45) is -0.296. The normalized spacial score (nSPS) is 15.7. The SMILES string of the molecule is CC(C)(C)OC(=O)NC(C#N)Cc1ccc(-c2ccc3c(c2)CCS3(=O)=O)cc1F. The minimum Gasteiger partial charge on any atom is -0.444 e. The van der Waals surface area contributed by atoms with E-state index in [1.165, 1.54) is 6.07 Å². The maximum atomic E-state index is 14.7. The van der Waals surface area contributed by atoms with Gasteiger partial charge in [0.25, 0.3) is 0 Å². The molecule has 0 aliphatic carbocycles. The third-order valence-electron chi connectivity index (χ3n) is 4.69. The van der Waals surface area contributed by atoms with E-state index in [2.05, 4.69) is 5.32 Å². The molecule has 158 valence electrons. The van der Waals surface area contributed by atoms with Crippen molar-refractivity contribution in [1.29, 1.82) is 5.26 Å². The summed E-state index contributed by atoms with van der Waals surface area (Å²) in [5.41, 5.74) is 1.65. The quantitative estimate of drug-likeness (QED) is 0.796. The van der Waals surface area contributed by atoms with Crippen LogP contribution in [0.1, 0.15) is 31.9 Å². The maximum absolute atomic E-state index is 14.7. The van der Waals surface area contributed by atoms with Crippen LogP contribution in [0, 0.1) is 17.1 Å². The van der Waals surface area contributed by atoms with E-state index in [1.54, 1.807) is 51.1 Å². The Hall–Kier alpha value is -2.92. The van der Waals surface area contributed by atoms with Gasteiger partial charge in [-0.25, -0.2) is 17.6 Å². The van der Waals surface area contributed by atoms with Crippen molar-refractivity contribution < 1.29 is 22.3 Å². The highest BCUT2D eigenvalue weighted by molar-refractivity contribution is 7.91. The highest BCUT2D eigenvalue weighted by atomic mass is 32.2. The molecule has 1 amide bonds. The number of amides is 1. The van der Waals surface area contributed by atoms with Crippen molar-refractivity contribution in [2.24, 2.45) is 0 Å². The van der Waals surface area contributed by atoms with Crippen molar-refractivity contribution in [3.63, 3.8) is 0 Å². The highest BCUT2D eigenvalue weighted by Gasteiger charge is 2.26. The Morgan fingerprint density at radius 1 is 1.23 bits per heavy atom. The lowest BCUT2D eigenvalue weighted by Gasteiger charge is -2.21. The summed E-state index contributed by atoms with van der Waals surface area (Å²) in [6, 6.07) is 10.6. The average Bonchev–Trinajstić information content (AvgIpc) is 2.95. The molecule has 1 aliphatic heterocycles. The summed E-state index contributed by atoms with van der Waals surface area (Å²) in [6.45, 7) is 5.13. The van der Waals surface area contributed by atoms with Gasteiger partial charge in [-0.3, -0.25) is 0 Å². The number of carbonyl (C=O) groups excluding carboxylic acids is 1. The van der Waals surface area contributed by atoms with E-state index in [1.807, 2.05) is 6.07 Å². The van der Waals surface area contributed by atoms with E-state index in [-0.39, 0.29) is 17.7 Å². The van der Waals surface area contributed by atoms with Crippen LogP contribution in [0.25, 0.3) is 11.1 Å². The van der Waals surface area contributed by atoms with Gasteiger partial charge in [-0.1, -0.05) is 18.2 Å². The number of nitrogens with one attached hydrogen (secondary N) is 1. The topological polar surface area (TPSA) is 96.3 Å². The Labute approximate surface area is 175 Å². The standard InChI is InChI=1S/C22H23FN2O4S/c1-22(2,3)29-21(26)25-18(13-24)11-16-5-4-15(12-19(16)23)14-6-7-20-17(10-14)8-9-30(20,27)28/h4-7,10,12,18H,8-9,11H2,1-3H3,(H,25,26). The number of nitriles is 1. The van der Waals surface area contributed by atoms with Crippen molar-refractivity contribution in [1.82, 2.24) is 5.32 Å². The van der Waals surface area contributed by atoms with Gasteiger partial charge in [-0.05, 0) is 67.6 Å². The van der Waals surface area contributed by atoms with E-state index in [4.69, 9.17) is 4.74 Å². The third kappa shape index (κ3) is 4.97. The molecule has 0 fully saturated rings. The number of rotatable bonds is 4. The number of nitrogens with zero attached hydrogens (tertiary/aromatic N) is 1. The number of ether oxygens (including phenoxy) is 1. The van der Waals surface area contributed by atoms with E-state index in [0.717, 1.165) is 11.1 Å². The van der Waals surface area contributed by atoms with Crippen LogP contribution < -0.4 is 5.32 Å². The fourth-order valence-electron chi connectivity index (χ4n) is 3.30. The van der Waals surface area contributed by atoms with Crippen molar-refractivity contribution >= 4 is 15.9 Å². The number of halogens is 1. The lowest BCUT2D eigenvalue weighted by Crippen LogP contribution is -2.39. The number of sulfone groups is 1. The smallest absolute Gasteiger partial charge is 0.408 e. The number of hydrogen-bond acceptors (Lipinski definition) is 5. The summed E-state index contributed by atoms with van der Waals surface area (Å²) < 4.78 is 43.7. The molecule has 1 atom stereocenters. The molecule has 30 heavy (non-hydrogen) atoms. The van der Waals surface area contributed by atoms with E-state index < -0.39 is 33.4 Å². The molecule has 6 nitrogen and oxygen atoms in total. The molecule has 2 aromatic rings. The first-order chi connectivity index (χ1) is 14.0. The van der Waals surface area contributed by atoms with Crippen molar-refractivity contribution in [3.05, 3.63) is 53.3 Å². The van der Waals surface area contributed by atoms with Gasteiger partial charge >= 0.3 is 6.09 Å². The van der Waals surface area contributed by atoms with Crippen LogP contribution in [0.4, 0.5) is 9.18 Å². The molecule has 0 saturated heterocycles. The molecule has 0 aromatic heterocycles. The maximum Gasteiger partial charge on any atom is 0.408 e. The van der Waals surface area contributed by atoms with Crippen molar-refractivity contribution in [2.45, 2.75) is 50.2 Å². The van der Waals surface area contributed by atoms with Gasteiger partial charge in [0.1, 0.15) is 17.5 Å². The van der Waals surface area contributed by atoms with Crippen molar-refractivity contribution in [3.8, 4) is 17.2 Å². The monoisotopic (exact) mass is 430 g/mol. The molecule has 0 radical (unpaired) electrons. The number of aryl methyl sites for hydroxylation is 1. The van der Waals surface area contributed by atoms with Gasteiger partial charge in [0, 0.05) is 6.42 Å². The first kappa shape index (κ1) is 21.8. The van der Waals surface area contributed by atoms with Crippen LogP contribution in [0.2, 0.25) is 0 Å². The van der Waals surface area contributed by atoms with Crippen LogP contribution in [-0.4, -0.2) is 31.9 Å². The van der Waals surface area contributed by atoms with Crippen LogP contribution in [0.3, 0.4) is 0 Å². The van der Waals surface area contributed by atoms with Crippen LogP contribution >= 0.6 is 0 Å². The van der Waals surface area contributed by atoms with Gasteiger partial charge in [0.15, 0.2) is 9.84 Å². The van der Waals surface area contributed by atoms with Crippen LogP contribution in [0.5, 0.6) is 0 Å². The molecule has 1 unspecified atom stereocenters. The average molecular weight is 431 g/mol. The fraction of sp³-hybridized carbons (Fsp3) is 0.364. The summed E-state index contributed by atoms with van der Waals surface area (Å²) in [5, 5.41) is 11.7. The predicted octanol–water partition coefficient (Wildman–Crippen LogP) is 3.78. The molecule has 1 N–H and O–H groups in total. The van der Waals surface area contributed by atoms with Gasteiger partial charge in [-0.2, -0.15) is 5.26 Å². The summed E-state index contributed by atoms with van der Waals surface area (Å²) in [4.78, 5) is 12.2. The zero-order valence-electron chi connectivity index (χ0n) is 17.0. The first-order valence-electron chi connectivity index (χ1n) is 9.52. The molecular weight excluding hydrogens is 407 g/mol. The molecule has 0 bridgehead atoms. The van der Waals surface area contributed by atoms with E-state index in [0.29, 0.717) is 16.9 Å². The summed E-state index contributed by atoms with van der Waals surface area (Å²) in [7, 11) is -3.21.